The highest BCUT2D eigenvalue weighted by Gasteiger charge is 2.29. The molecule has 1 aliphatic carbocycles. The Labute approximate surface area is 236 Å². The van der Waals surface area contributed by atoms with Crippen molar-refractivity contribution in [2.24, 2.45) is 0 Å². The molecule has 1 fully saturated rings. The highest BCUT2D eigenvalue weighted by atomic mass is 32.2. The monoisotopic (exact) mass is 567 g/mol. The quantitative estimate of drug-likeness (QED) is 0.430. The van der Waals surface area contributed by atoms with Crippen molar-refractivity contribution in [3.63, 3.8) is 0 Å². The Morgan fingerprint density at radius 1 is 1.18 bits per heavy atom. The van der Waals surface area contributed by atoms with Gasteiger partial charge in [-0.2, -0.15) is 13.1 Å². The Kier molecular flexibility index (Phi) is 9.12. The minimum atomic E-state index is -3.84. The number of benzene rings is 1. The number of hydrogen-bond donors (Lipinski definition) is 3. The number of ether oxygens (including phenoxy) is 2. The number of pyridine rings is 1. The maximum atomic E-state index is 11.8. The number of amides is 1. The summed E-state index contributed by atoms with van der Waals surface area (Å²) in [5.74, 6) is 0.662. The second-order valence-electron chi connectivity index (χ2n) is 10.8. The predicted molar refractivity (Wildman–Crippen MR) is 154 cm³/mol. The van der Waals surface area contributed by atoms with Crippen molar-refractivity contribution in [3.05, 3.63) is 83.6 Å². The molecule has 1 unspecified atom stereocenters. The predicted octanol–water partition coefficient (Wildman–Crippen LogP) is 4.45. The molecule has 1 aliphatic heterocycles. The number of nitrogens with zero attached hydrogens (tertiary/aromatic N) is 1. The summed E-state index contributed by atoms with van der Waals surface area (Å²) < 4.78 is 40.0. The standard InChI is InChI=1S/C30H37N3O6S/c1-20-9-12-23(39-24-13-10-22(11-14-24)27-19-28(34)33-40(36,37)32-27)7-5-6-8-25(20)26-15-16-29(31-21(26)2)38-18-17-30(3,4)35/h5-6,8,10-11,13-16,23,27,32,35H,1,7,9,12,17-19H2,2-4H3,(H,33,34)/b6-5-,25-8?/t23-,27?/m0/s1. The fourth-order valence-electron chi connectivity index (χ4n) is 4.59. The fourth-order valence-corrected chi connectivity index (χ4v) is 5.62. The zero-order valence-electron chi connectivity index (χ0n) is 23.1. The number of carbonyl (C=O) groups is 1. The summed E-state index contributed by atoms with van der Waals surface area (Å²) >= 11 is 0. The van der Waals surface area contributed by atoms with Gasteiger partial charge in [-0.05, 0) is 68.5 Å². The van der Waals surface area contributed by atoms with E-state index in [2.05, 4.69) is 28.4 Å². The van der Waals surface area contributed by atoms with Gasteiger partial charge >= 0.3 is 10.2 Å². The van der Waals surface area contributed by atoms with E-state index in [0.717, 1.165) is 35.2 Å². The van der Waals surface area contributed by atoms with Gasteiger partial charge in [0.05, 0.1) is 18.2 Å². The van der Waals surface area contributed by atoms with Crippen molar-refractivity contribution in [1.82, 2.24) is 14.4 Å². The van der Waals surface area contributed by atoms with E-state index in [9.17, 15) is 18.3 Å². The molecule has 0 bridgehead atoms. The van der Waals surface area contributed by atoms with Gasteiger partial charge in [-0.1, -0.05) is 36.9 Å². The van der Waals surface area contributed by atoms with Crippen LogP contribution in [0.2, 0.25) is 0 Å². The molecule has 2 atom stereocenters. The van der Waals surface area contributed by atoms with Gasteiger partial charge in [0, 0.05) is 36.6 Å². The molecule has 0 radical (unpaired) electrons. The average molecular weight is 568 g/mol. The Morgan fingerprint density at radius 2 is 1.93 bits per heavy atom. The number of aliphatic hydroxyl groups is 1. The van der Waals surface area contributed by atoms with Crippen LogP contribution < -0.4 is 18.9 Å². The summed E-state index contributed by atoms with van der Waals surface area (Å²) in [6.45, 7) is 10.2. The zero-order chi connectivity index (χ0) is 28.9. The van der Waals surface area contributed by atoms with Gasteiger partial charge in [0.1, 0.15) is 11.9 Å². The topological polar surface area (TPSA) is 127 Å². The van der Waals surface area contributed by atoms with Crippen molar-refractivity contribution in [1.29, 1.82) is 0 Å². The van der Waals surface area contributed by atoms with Gasteiger partial charge in [0.15, 0.2) is 0 Å². The van der Waals surface area contributed by atoms with E-state index >= 15 is 0 Å². The molecule has 10 heteroatoms. The summed E-state index contributed by atoms with van der Waals surface area (Å²) in [6, 6.07) is 10.4. The Balaban J connectivity index is 1.36. The van der Waals surface area contributed by atoms with E-state index in [1.807, 2.05) is 29.9 Å². The normalized spacial score (nSPS) is 22.2. The van der Waals surface area contributed by atoms with Crippen molar-refractivity contribution in [2.75, 3.05) is 6.61 Å². The Bertz CT molecular complexity index is 1410. The van der Waals surface area contributed by atoms with Crippen LogP contribution >= 0.6 is 0 Å². The van der Waals surface area contributed by atoms with E-state index in [1.165, 1.54) is 0 Å². The van der Waals surface area contributed by atoms with Crippen LogP contribution in [0.25, 0.3) is 5.57 Å². The third-order valence-electron chi connectivity index (χ3n) is 6.78. The van der Waals surface area contributed by atoms with E-state index in [0.29, 0.717) is 36.6 Å². The molecule has 1 aromatic carbocycles. The van der Waals surface area contributed by atoms with Gasteiger partial charge in [-0.3, -0.25) is 4.79 Å². The molecule has 40 heavy (non-hydrogen) atoms. The molecule has 2 aromatic rings. The lowest BCUT2D eigenvalue weighted by atomic mass is 9.94. The van der Waals surface area contributed by atoms with Crippen molar-refractivity contribution >= 4 is 21.7 Å². The highest BCUT2D eigenvalue weighted by Crippen LogP contribution is 2.31. The number of aromatic nitrogens is 1. The molecular formula is C30H37N3O6S. The third kappa shape index (κ3) is 8.27. The van der Waals surface area contributed by atoms with Crippen LogP contribution in [0.3, 0.4) is 0 Å². The van der Waals surface area contributed by atoms with Gasteiger partial charge in [0.2, 0.25) is 11.8 Å². The van der Waals surface area contributed by atoms with Gasteiger partial charge in [0.25, 0.3) is 0 Å². The summed E-state index contributed by atoms with van der Waals surface area (Å²) in [7, 11) is -3.84. The maximum Gasteiger partial charge on any atom is 0.301 e. The van der Waals surface area contributed by atoms with Crippen LogP contribution in [-0.2, 0) is 15.0 Å². The lowest BCUT2D eigenvalue weighted by Gasteiger charge is -2.24. The van der Waals surface area contributed by atoms with Gasteiger partial charge in [-0.25, -0.2) is 9.71 Å². The number of aryl methyl sites for hydroxylation is 1. The summed E-state index contributed by atoms with van der Waals surface area (Å²) in [6.07, 6.45) is 8.83. The van der Waals surface area contributed by atoms with Crippen molar-refractivity contribution in [2.45, 2.75) is 70.6 Å². The van der Waals surface area contributed by atoms with Crippen molar-refractivity contribution < 1.29 is 27.8 Å². The lowest BCUT2D eigenvalue weighted by Crippen LogP contribution is -2.48. The van der Waals surface area contributed by atoms with Crippen LogP contribution in [0.15, 0.2) is 66.8 Å². The minimum Gasteiger partial charge on any atom is -0.490 e. The molecule has 0 saturated carbocycles. The summed E-state index contributed by atoms with van der Waals surface area (Å²) in [5.41, 5.74) is 3.74. The first-order valence-corrected chi connectivity index (χ1v) is 14.8. The average Bonchev–Trinajstić information content (AvgIpc) is 2.94. The largest absolute Gasteiger partial charge is 0.490 e. The SMILES string of the molecule is C=C1CC[C@@H](Oc2ccc(C3CC(=O)NS(=O)(=O)N3)cc2)C/C=C\C=C1c1ccc(OCCC(C)(C)O)nc1C. The highest BCUT2D eigenvalue weighted by molar-refractivity contribution is 7.88. The third-order valence-corrected chi connectivity index (χ3v) is 7.87. The van der Waals surface area contributed by atoms with Crippen LogP contribution in [0.1, 0.15) is 68.8 Å². The first kappa shape index (κ1) is 29.5. The van der Waals surface area contributed by atoms with Crippen LogP contribution in [0, 0.1) is 6.92 Å². The first-order chi connectivity index (χ1) is 18.9. The Hall–Kier alpha value is -3.47. The molecule has 4 rings (SSSR count). The number of allylic oxidation sites excluding steroid dienone is 4. The van der Waals surface area contributed by atoms with E-state index in [1.54, 1.807) is 38.1 Å². The molecular weight excluding hydrogens is 530 g/mol. The minimum absolute atomic E-state index is 0.0388. The van der Waals surface area contributed by atoms with E-state index in [4.69, 9.17) is 9.47 Å². The molecule has 9 nitrogen and oxygen atoms in total. The lowest BCUT2D eigenvalue weighted by molar-refractivity contribution is -0.120. The number of carbonyl (C=O) groups excluding carboxylic acids is 1. The van der Waals surface area contributed by atoms with Gasteiger partial charge < -0.3 is 14.6 Å². The number of rotatable bonds is 8. The number of hydrogen-bond acceptors (Lipinski definition) is 7. The van der Waals surface area contributed by atoms with E-state index in [-0.39, 0.29) is 12.5 Å². The van der Waals surface area contributed by atoms with Crippen LogP contribution in [0.5, 0.6) is 11.6 Å². The zero-order valence-corrected chi connectivity index (χ0v) is 24.0. The summed E-state index contributed by atoms with van der Waals surface area (Å²) in [5, 5.41) is 9.89. The second-order valence-corrected chi connectivity index (χ2v) is 12.2. The molecule has 2 aliphatic rings. The molecule has 0 spiro atoms. The maximum absolute atomic E-state index is 11.8. The molecule has 2 heterocycles. The molecule has 1 amide bonds. The summed E-state index contributed by atoms with van der Waals surface area (Å²) in [4.78, 5) is 16.3. The van der Waals surface area contributed by atoms with Gasteiger partial charge in [-0.15, -0.1) is 0 Å². The second kappa shape index (κ2) is 12.4. The molecule has 1 saturated heterocycles. The van der Waals surface area contributed by atoms with Crippen LogP contribution in [0.4, 0.5) is 0 Å². The number of nitrogens with one attached hydrogen (secondary N) is 2. The van der Waals surface area contributed by atoms with E-state index < -0.39 is 27.8 Å². The Morgan fingerprint density at radius 3 is 2.60 bits per heavy atom. The first-order valence-electron chi connectivity index (χ1n) is 13.4. The van der Waals surface area contributed by atoms with Crippen molar-refractivity contribution in [3.8, 4) is 11.6 Å². The molecule has 3 N–H and O–H groups in total. The smallest absolute Gasteiger partial charge is 0.301 e. The molecule has 214 valence electrons. The van der Waals surface area contributed by atoms with Crippen LogP contribution in [-0.4, -0.2) is 42.7 Å². The molecule has 1 aromatic heterocycles. The fraction of sp³-hybridized carbons (Fsp3) is 0.400.